The molecule has 2 heterocycles. The SMILES string of the molecule is CCCn1nc(C)c(CN(Cc2cccc(F)c2)CC2CCCO2)c1C. The van der Waals surface area contributed by atoms with E-state index < -0.39 is 0 Å². The van der Waals surface area contributed by atoms with Gasteiger partial charge in [-0.2, -0.15) is 5.10 Å². The molecule has 142 valence electrons. The summed E-state index contributed by atoms with van der Waals surface area (Å²) in [5, 5.41) is 4.70. The van der Waals surface area contributed by atoms with Gasteiger partial charge in [0.15, 0.2) is 0 Å². The number of halogens is 1. The first kappa shape index (κ1) is 19.1. The van der Waals surface area contributed by atoms with Crippen molar-refractivity contribution in [2.45, 2.75) is 65.8 Å². The summed E-state index contributed by atoms with van der Waals surface area (Å²) in [6.45, 7) is 10.6. The third-order valence-corrected chi connectivity index (χ3v) is 5.13. The van der Waals surface area contributed by atoms with E-state index in [1.807, 2.05) is 6.07 Å². The fraction of sp³-hybridized carbons (Fsp3) is 0.571. The zero-order valence-electron chi connectivity index (χ0n) is 16.2. The first-order chi connectivity index (χ1) is 12.6. The largest absolute Gasteiger partial charge is 0.377 e. The molecule has 0 aliphatic carbocycles. The van der Waals surface area contributed by atoms with Crippen molar-refractivity contribution >= 4 is 0 Å². The van der Waals surface area contributed by atoms with Gasteiger partial charge in [0, 0.05) is 44.0 Å². The molecule has 1 aliphatic rings. The van der Waals surface area contributed by atoms with Crippen LogP contribution >= 0.6 is 0 Å². The van der Waals surface area contributed by atoms with Gasteiger partial charge in [0.05, 0.1) is 11.8 Å². The van der Waals surface area contributed by atoms with Gasteiger partial charge in [-0.05, 0) is 50.8 Å². The Hall–Kier alpha value is -1.72. The molecule has 0 bridgehead atoms. The lowest BCUT2D eigenvalue weighted by Crippen LogP contribution is -2.31. The number of ether oxygens (including phenoxy) is 1. The molecule has 0 amide bonds. The topological polar surface area (TPSA) is 30.3 Å². The van der Waals surface area contributed by atoms with E-state index in [-0.39, 0.29) is 11.9 Å². The van der Waals surface area contributed by atoms with E-state index >= 15 is 0 Å². The molecule has 4 nitrogen and oxygen atoms in total. The summed E-state index contributed by atoms with van der Waals surface area (Å²) < 4.78 is 21.6. The summed E-state index contributed by atoms with van der Waals surface area (Å²) in [6, 6.07) is 6.90. The number of rotatable bonds is 8. The molecule has 0 spiro atoms. The van der Waals surface area contributed by atoms with Crippen LogP contribution in [0.5, 0.6) is 0 Å². The molecular formula is C21H30FN3O. The predicted molar refractivity (Wildman–Crippen MR) is 101 cm³/mol. The van der Waals surface area contributed by atoms with E-state index in [0.717, 1.165) is 63.3 Å². The van der Waals surface area contributed by atoms with E-state index in [1.165, 1.54) is 17.3 Å². The number of hydrogen-bond donors (Lipinski definition) is 0. The van der Waals surface area contributed by atoms with Crippen molar-refractivity contribution in [3.63, 3.8) is 0 Å². The van der Waals surface area contributed by atoms with Gasteiger partial charge in [-0.3, -0.25) is 9.58 Å². The number of benzene rings is 1. The van der Waals surface area contributed by atoms with Crippen molar-refractivity contribution in [3.05, 3.63) is 52.6 Å². The van der Waals surface area contributed by atoms with E-state index in [0.29, 0.717) is 0 Å². The van der Waals surface area contributed by atoms with Crippen molar-refractivity contribution in [2.75, 3.05) is 13.2 Å². The van der Waals surface area contributed by atoms with Gasteiger partial charge in [-0.15, -0.1) is 0 Å². The minimum Gasteiger partial charge on any atom is -0.377 e. The van der Waals surface area contributed by atoms with Crippen LogP contribution in [0.1, 0.15) is 48.7 Å². The molecule has 0 N–H and O–H groups in total. The summed E-state index contributed by atoms with van der Waals surface area (Å²) in [5.41, 5.74) is 4.61. The lowest BCUT2D eigenvalue weighted by Gasteiger charge is -2.25. The molecule has 1 saturated heterocycles. The van der Waals surface area contributed by atoms with Gasteiger partial charge in [-0.1, -0.05) is 19.1 Å². The lowest BCUT2D eigenvalue weighted by atomic mass is 10.1. The number of aromatic nitrogens is 2. The van der Waals surface area contributed by atoms with Crippen molar-refractivity contribution < 1.29 is 9.13 Å². The van der Waals surface area contributed by atoms with E-state index in [1.54, 1.807) is 12.1 Å². The van der Waals surface area contributed by atoms with Crippen molar-refractivity contribution in [1.29, 1.82) is 0 Å². The molecule has 3 rings (SSSR count). The minimum atomic E-state index is -0.178. The normalized spacial score (nSPS) is 17.3. The van der Waals surface area contributed by atoms with Gasteiger partial charge in [0.25, 0.3) is 0 Å². The van der Waals surface area contributed by atoms with Gasteiger partial charge in [-0.25, -0.2) is 4.39 Å². The highest BCUT2D eigenvalue weighted by Crippen LogP contribution is 2.21. The Morgan fingerprint density at radius 1 is 1.31 bits per heavy atom. The second kappa shape index (κ2) is 8.78. The second-order valence-electron chi connectivity index (χ2n) is 7.31. The number of nitrogens with zero attached hydrogens (tertiary/aromatic N) is 3. The van der Waals surface area contributed by atoms with Crippen molar-refractivity contribution in [1.82, 2.24) is 14.7 Å². The zero-order valence-corrected chi connectivity index (χ0v) is 16.2. The van der Waals surface area contributed by atoms with Crippen LogP contribution in [0.4, 0.5) is 4.39 Å². The van der Waals surface area contributed by atoms with Crippen LogP contribution in [0, 0.1) is 19.7 Å². The first-order valence-corrected chi connectivity index (χ1v) is 9.68. The molecule has 0 radical (unpaired) electrons. The smallest absolute Gasteiger partial charge is 0.123 e. The maximum Gasteiger partial charge on any atom is 0.123 e. The van der Waals surface area contributed by atoms with Crippen LogP contribution in [0.25, 0.3) is 0 Å². The Labute approximate surface area is 156 Å². The van der Waals surface area contributed by atoms with Crippen molar-refractivity contribution in [3.8, 4) is 0 Å². The van der Waals surface area contributed by atoms with Gasteiger partial charge in [0.2, 0.25) is 0 Å². The maximum absolute atomic E-state index is 13.6. The maximum atomic E-state index is 13.6. The van der Waals surface area contributed by atoms with E-state index in [4.69, 9.17) is 9.84 Å². The molecule has 1 aromatic heterocycles. The third kappa shape index (κ3) is 4.71. The average molecular weight is 359 g/mol. The summed E-state index contributed by atoms with van der Waals surface area (Å²) in [4.78, 5) is 2.37. The highest BCUT2D eigenvalue weighted by Gasteiger charge is 2.22. The van der Waals surface area contributed by atoms with Crippen molar-refractivity contribution in [2.24, 2.45) is 0 Å². The van der Waals surface area contributed by atoms with Gasteiger partial charge in [0.1, 0.15) is 5.82 Å². The standard InChI is InChI=1S/C21H30FN3O/c1-4-10-25-17(3)21(16(2)23-25)15-24(14-20-9-6-11-26-20)13-18-7-5-8-19(22)12-18/h5,7-8,12,20H,4,6,9-11,13-15H2,1-3H3. The third-order valence-electron chi connectivity index (χ3n) is 5.13. The Balaban J connectivity index is 1.78. The van der Waals surface area contributed by atoms with Crippen LogP contribution in [-0.4, -0.2) is 33.9 Å². The van der Waals surface area contributed by atoms with Crippen LogP contribution in [0.2, 0.25) is 0 Å². The molecule has 1 atom stereocenters. The zero-order chi connectivity index (χ0) is 18.5. The second-order valence-corrected chi connectivity index (χ2v) is 7.31. The molecule has 1 aromatic carbocycles. The predicted octanol–water partition coefficient (Wildman–Crippen LogP) is 4.23. The minimum absolute atomic E-state index is 0.178. The summed E-state index contributed by atoms with van der Waals surface area (Å²) >= 11 is 0. The molecule has 5 heteroatoms. The summed E-state index contributed by atoms with van der Waals surface area (Å²) in [5.74, 6) is -0.178. The summed E-state index contributed by atoms with van der Waals surface area (Å²) in [6.07, 6.45) is 3.58. The lowest BCUT2D eigenvalue weighted by molar-refractivity contribution is 0.0677. The molecular weight excluding hydrogens is 329 g/mol. The molecule has 26 heavy (non-hydrogen) atoms. The monoisotopic (exact) mass is 359 g/mol. The van der Waals surface area contributed by atoms with E-state index in [9.17, 15) is 4.39 Å². The number of hydrogen-bond acceptors (Lipinski definition) is 3. The fourth-order valence-corrected chi connectivity index (χ4v) is 3.77. The molecule has 0 saturated carbocycles. The Bertz CT molecular complexity index is 722. The number of aryl methyl sites for hydroxylation is 2. The molecule has 1 unspecified atom stereocenters. The first-order valence-electron chi connectivity index (χ1n) is 9.68. The molecule has 1 aliphatic heterocycles. The molecule has 1 fully saturated rings. The fourth-order valence-electron chi connectivity index (χ4n) is 3.77. The highest BCUT2D eigenvalue weighted by molar-refractivity contribution is 5.25. The van der Waals surface area contributed by atoms with E-state index in [2.05, 4.69) is 30.4 Å². The average Bonchev–Trinajstić information content (AvgIpc) is 3.19. The highest BCUT2D eigenvalue weighted by atomic mass is 19.1. The molecule has 2 aromatic rings. The summed E-state index contributed by atoms with van der Waals surface area (Å²) in [7, 11) is 0. The van der Waals surface area contributed by atoms with Crippen LogP contribution in [0.15, 0.2) is 24.3 Å². The Morgan fingerprint density at radius 3 is 2.85 bits per heavy atom. The quantitative estimate of drug-likeness (QED) is 0.706. The van der Waals surface area contributed by atoms with Gasteiger partial charge >= 0.3 is 0 Å². The van der Waals surface area contributed by atoms with Crippen LogP contribution in [-0.2, 0) is 24.4 Å². The Morgan fingerprint density at radius 2 is 2.15 bits per heavy atom. The van der Waals surface area contributed by atoms with Crippen LogP contribution < -0.4 is 0 Å². The van der Waals surface area contributed by atoms with Crippen LogP contribution in [0.3, 0.4) is 0 Å². The Kier molecular flexibility index (Phi) is 6.43. The van der Waals surface area contributed by atoms with Gasteiger partial charge < -0.3 is 4.74 Å².